The maximum absolute atomic E-state index is 12.5. The van der Waals surface area contributed by atoms with Crippen molar-refractivity contribution in [3.05, 3.63) is 47.2 Å². The molecule has 0 bridgehead atoms. The summed E-state index contributed by atoms with van der Waals surface area (Å²) in [5, 5.41) is 9.14. The van der Waals surface area contributed by atoms with Gasteiger partial charge in [-0.15, -0.1) is 11.8 Å². The van der Waals surface area contributed by atoms with E-state index in [1.807, 2.05) is 30.3 Å². The molecule has 2 unspecified atom stereocenters. The van der Waals surface area contributed by atoms with Gasteiger partial charge in [-0.2, -0.15) is 0 Å². The maximum atomic E-state index is 12.5. The molecule has 1 saturated heterocycles. The molecule has 7 nitrogen and oxygen atoms in total. The average molecular weight is 389 g/mol. The molecular weight excluding hydrogens is 370 g/mol. The second-order valence-electron chi connectivity index (χ2n) is 6.46. The number of hydrogen-bond acceptors (Lipinski definition) is 6. The van der Waals surface area contributed by atoms with E-state index < -0.39 is 17.9 Å². The number of Topliss-reactive ketones (excluding diaryl/α,β-unsaturated/α-hetero) is 1. The third-order valence-electron chi connectivity index (χ3n) is 4.50. The quantitative estimate of drug-likeness (QED) is 0.559. The Bertz CT molecular complexity index is 819. The van der Waals surface area contributed by atoms with Crippen LogP contribution in [0.4, 0.5) is 0 Å². The van der Waals surface area contributed by atoms with Gasteiger partial charge in [0.25, 0.3) is 0 Å². The first-order valence-corrected chi connectivity index (χ1v) is 9.52. The van der Waals surface area contributed by atoms with Crippen LogP contribution in [0.5, 0.6) is 0 Å². The Kier molecular flexibility index (Phi) is 5.65. The summed E-state index contributed by atoms with van der Waals surface area (Å²) in [7, 11) is 0. The molecule has 1 fully saturated rings. The topological polar surface area (TPSA) is 101 Å². The van der Waals surface area contributed by atoms with E-state index in [0.29, 0.717) is 11.3 Å². The van der Waals surface area contributed by atoms with Gasteiger partial charge in [0.05, 0.1) is 11.3 Å². The molecule has 0 aromatic heterocycles. The number of amides is 1. The average Bonchev–Trinajstić information content (AvgIpc) is 2.64. The van der Waals surface area contributed by atoms with E-state index in [4.69, 9.17) is 4.74 Å². The second-order valence-corrected chi connectivity index (χ2v) is 7.56. The van der Waals surface area contributed by atoms with Gasteiger partial charge in [0.15, 0.2) is 0 Å². The number of esters is 1. The third kappa shape index (κ3) is 4.05. The van der Waals surface area contributed by atoms with Crippen LogP contribution in [-0.4, -0.2) is 51.4 Å². The zero-order chi connectivity index (χ0) is 19.6. The molecule has 2 aliphatic rings. The molecule has 2 heterocycles. The van der Waals surface area contributed by atoms with Crippen molar-refractivity contribution in [3.63, 3.8) is 0 Å². The normalized spacial score (nSPS) is 21.4. The summed E-state index contributed by atoms with van der Waals surface area (Å²) in [4.78, 5) is 48.7. The molecule has 0 spiro atoms. The number of carboxylic acid groups (broad SMARTS) is 1. The Balaban J connectivity index is 1.68. The number of aliphatic carboxylic acids is 1. The number of nitrogens with zero attached hydrogens (tertiary/aromatic N) is 1. The van der Waals surface area contributed by atoms with Crippen LogP contribution in [0, 0.1) is 5.92 Å². The molecular formula is C19H19NO6S. The number of ketones is 1. The van der Waals surface area contributed by atoms with Gasteiger partial charge in [0.1, 0.15) is 18.1 Å². The lowest BCUT2D eigenvalue weighted by Gasteiger charge is -2.49. The second kappa shape index (κ2) is 7.96. The number of benzene rings is 1. The van der Waals surface area contributed by atoms with Crippen LogP contribution in [0.2, 0.25) is 0 Å². The third-order valence-corrected chi connectivity index (χ3v) is 5.90. The fraction of sp³-hybridized carbons (Fsp3) is 0.368. The van der Waals surface area contributed by atoms with Gasteiger partial charge >= 0.3 is 11.9 Å². The Morgan fingerprint density at radius 1 is 1.26 bits per heavy atom. The van der Waals surface area contributed by atoms with Crippen molar-refractivity contribution in [2.45, 2.75) is 25.1 Å². The minimum Gasteiger partial charge on any atom is -0.477 e. The van der Waals surface area contributed by atoms with Gasteiger partial charge in [-0.3, -0.25) is 19.3 Å². The summed E-state index contributed by atoms with van der Waals surface area (Å²) < 4.78 is 4.90. The molecule has 2 aliphatic heterocycles. The molecule has 1 aromatic carbocycles. The van der Waals surface area contributed by atoms with Gasteiger partial charge in [0, 0.05) is 31.1 Å². The monoisotopic (exact) mass is 389 g/mol. The van der Waals surface area contributed by atoms with Crippen LogP contribution in [-0.2, 0) is 30.3 Å². The molecule has 1 aromatic rings. The fourth-order valence-corrected chi connectivity index (χ4v) is 4.65. The van der Waals surface area contributed by atoms with Crippen LogP contribution >= 0.6 is 11.8 Å². The van der Waals surface area contributed by atoms with E-state index in [2.05, 4.69) is 0 Å². The van der Waals surface area contributed by atoms with E-state index in [9.17, 15) is 24.3 Å². The summed E-state index contributed by atoms with van der Waals surface area (Å²) in [6.45, 7) is 1.08. The van der Waals surface area contributed by atoms with Gasteiger partial charge in [-0.05, 0) is 5.56 Å². The summed E-state index contributed by atoms with van der Waals surface area (Å²) >= 11 is 1.39. The summed E-state index contributed by atoms with van der Waals surface area (Å²) in [5.74, 6) is -2.34. The number of rotatable bonds is 7. The van der Waals surface area contributed by atoms with Crippen molar-refractivity contribution >= 4 is 35.4 Å². The first kappa shape index (κ1) is 19.2. The summed E-state index contributed by atoms with van der Waals surface area (Å²) in [6, 6.07) is 9.28. The molecule has 3 rings (SSSR count). The number of carboxylic acids is 1. The minimum absolute atomic E-state index is 0.0497. The van der Waals surface area contributed by atoms with E-state index in [-0.39, 0.29) is 42.2 Å². The molecule has 8 heteroatoms. The Labute approximate surface area is 160 Å². The van der Waals surface area contributed by atoms with Crippen LogP contribution < -0.4 is 0 Å². The standard InChI is InChI=1S/C19H19NO6S/c1-11(21)26-9-13-10-27-18-15(17(23)20(18)16(13)19(24)25)8-14(22)7-12-5-3-2-4-6-12/h2-6,15,18H,7-10H2,1H3,(H,24,25). The molecule has 1 amide bonds. The van der Waals surface area contributed by atoms with Crippen LogP contribution in [0.15, 0.2) is 41.6 Å². The van der Waals surface area contributed by atoms with Crippen molar-refractivity contribution in [3.8, 4) is 0 Å². The number of hydrogen-bond donors (Lipinski definition) is 1. The molecule has 142 valence electrons. The van der Waals surface area contributed by atoms with Gasteiger partial charge in [-0.1, -0.05) is 30.3 Å². The highest BCUT2D eigenvalue weighted by Crippen LogP contribution is 2.45. The van der Waals surface area contributed by atoms with Crippen LogP contribution in [0.3, 0.4) is 0 Å². The highest BCUT2D eigenvalue weighted by atomic mass is 32.2. The smallest absolute Gasteiger partial charge is 0.352 e. The van der Waals surface area contributed by atoms with E-state index in [1.165, 1.54) is 23.6 Å². The zero-order valence-corrected chi connectivity index (χ0v) is 15.5. The molecule has 0 radical (unpaired) electrons. The highest BCUT2D eigenvalue weighted by Gasteiger charge is 2.53. The van der Waals surface area contributed by atoms with E-state index >= 15 is 0 Å². The number of carbonyl (C=O) groups is 4. The Morgan fingerprint density at radius 2 is 1.96 bits per heavy atom. The zero-order valence-electron chi connectivity index (χ0n) is 14.7. The van der Waals surface area contributed by atoms with Crippen molar-refractivity contribution in [1.29, 1.82) is 0 Å². The van der Waals surface area contributed by atoms with E-state index in [1.54, 1.807) is 0 Å². The lowest BCUT2D eigenvalue weighted by atomic mass is 9.89. The number of β-lactam (4-membered cyclic amide) rings is 1. The van der Waals surface area contributed by atoms with Crippen molar-refractivity contribution in [2.75, 3.05) is 12.4 Å². The maximum Gasteiger partial charge on any atom is 0.352 e. The number of fused-ring (bicyclic) bond motifs is 1. The first-order chi connectivity index (χ1) is 12.9. The van der Waals surface area contributed by atoms with Crippen molar-refractivity contribution in [1.82, 2.24) is 4.90 Å². The Morgan fingerprint density at radius 3 is 2.59 bits per heavy atom. The fourth-order valence-electron chi connectivity index (χ4n) is 3.26. The predicted octanol–water partition coefficient (Wildman–Crippen LogP) is 1.62. The molecule has 0 saturated carbocycles. The first-order valence-electron chi connectivity index (χ1n) is 8.47. The van der Waals surface area contributed by atoms with Crippen LogP contribution in [0.25, 0.3) is 0 Å². The molecule has 27 heavy (non-hydrogen) atoms. The van der Waals surface area contributed by atoms with E-state index in [0.717, 1.165) is 5.56 Å². The summed E-state index contributed by atoms with van der Waals surface area (Å²) in [5.41, 5.74) is 1.15. The van der Waals surface area contributed by atoms with Crippen molar-refractivity contribution in [2.24, 2.45) is 5.92 Å². The predicted molar refractivity (Wildman–Crippen MR) is 97.6 cm³/mol. The lowest BCUT2D eigenvalue weighted by Crippen LogP contribution is -2.62. The van der Waals surface area contributed by atoms with Gasteiger partial charge < -0.3 is 9.84 Å². The largest absolute Gasteiger partial charge is 0.477 e. The van der Waals surface area contributed by atoms with Crippen LogP contribution in [0.1, 0.15) is 18.9 Å². The molecule has 2 atom stereocenters. The highest BCUT2D eigenvalue weighted by molar-refractivity contribution is 8.00. The summed E-state index contributed by atoms with van der Waals surface area (Å²) in [6.07, 6.45) is 0.343. The number of ether oxygens (including phenoxy) is 1. The SMILES string of the molecule is CC(=O)OCC1=C(C(=O)O)N2C(=O)C(CC(=O)Cc3ccccc3)C2SC1. The molecule has 1 N–H and O–H groups in total. The van der Waals surface area contributed by atoms with Crippen molar-refractivity contribution < 1.29 is 29.0 Å². The number of carbonyl (C=O) groups excluding carboxylic acids is 3. The Hall–Kier alpha value is -2.61. The lowest BCUT2D eigenvalue weighted by molar-refractivity contribution is -0.154. The van der Waals surface area contributed by atoms with Gasteiger partial charge in [-0.25, -0.2) is 4.79 Å². The molecule has 0 aliphatic carbocycles. The number of thioether (sulfide) groups is 1. The van der Waals surface area contributed by atoms with Gasteiger partial charge in [0.2, 0.25) is 5.91 Å². The minimum atomic E-state index is -1.23.